The highest BCUT2D eigenvalue weighted by Crippen LogP contribution is 2.29. The molecular formula is C14H24ClNO. The van der Waals surface area contributed by atoms with Crippen molar-refractivity contribution in [1.29, 1.82) is 0 Å². The molecular weight excluding hydrogens is 234 g/mol. The minimum Gasteiger partial charge on any atom is -0.353 e. The number of rotatable bonds is 2. The van der Waals surface area contributed by atoms with Gasteiger partial charge in [-0.1, -0.05) is 6.92 Å². The van der Waals surface area contributed by atoms with Gasteiger partial charge in [0.25, 0.3) is 0 Å². The Balaban J connectivity index is 1.73. The summed E-state index contributed by atoms with van der Waals surface area (Å²) in [6.07, 6.45) is 8.81. The third-order valence-corrected chi connectivity index (χ3v) is 4.83. The largest absolute Gasteiger partial charge is 0.353 e. The highest BCUT2D eigenvalue weighted by molar-refractivity contribution is 6.20. The summed E-state index contributed by atoms with van der Waals surface area (Å²) >= 11 is 6.07. The zero-order valence-corrected chi connectivity index (χ0v) is 11.5. The quantitative estimate of drug-likeness (QED) is 0.754. The maximum atomic E-state index is 12.1. The van der Waals surface area contributed by atoms with Gasteiger partial charge in [0, 0.05) is 17.3 Å². The first kappa shape index (κ1) is 13.2. The first-order chi connectivity index (χ1) is 8.15. The van der Waals surface area contributed by atoms with E-state index in [1.165, 1.54) is 12.8 Å². The molecule has 2 aliphatic rings. The van der Waals surface area contributed by atoms with E-state index in [1.807, 2.05) is 0 Å². The number of nitrogens with one attached hydrogen (secondary N) is 1. The molecule has 0 atom stereocenters. The van der Waals surface area contributed by atoms with E-state index in [9.17, 15) is 4.79 Å². The lowest BCUT2D eigenvalue weighted by Gasteiger charge is -2.30. The molecule has 0 aromatic heterocycles. The molecule has 1 amide bonds. The van der Waals surface area contributed by atoms with Crippen molar-refractivity contribution in [3.05, 3.63) is 0 Å². The van der Waals surface area contributed by atoms with Crippen molar-refractivity contribution in [3.8, 4) is 0 Å². The molecule has 0 bridgehead atoms. The maximum Gasteiger partial charge on any atom is 0.223 e. The second-order valence-corrected chi connectivity index (χ2v) is 6.53. The summed E-state index contributed by atoms with van der Waals surface area (Å²) in [4.78, 5) is 12.1. The number of carbonyl (C=O) groups excluding carboxylic acids is 1. The van der Waals surface area contributed by atoms with Crippen LogP contribution in [0.1, 0.15) is 58.3 Å². The fourth-order valence-corrected chi connectivity index (χ4v) is 3.29. The topological polar surface area (TPSA) is 29.1 Å². The van der Waals surface area contributed by atoms with E-state index in [-0.39, 0.29) is 5.92 Å². The van der Waals surface area contributed by atoms with Crippen molar-refractivity contribution < 1.29 is 4.79 Å². The Morgan fingerprint density at radius 2 is 1.59 bits per heavy atom. The van der Waals surface area contributed by atoms with E-state index in [0.29, 0.717) is 17.3 Å². The lowest BCUT2D eigenvalue weighted by Crippen LogP contribution is -2.41. The summed E-state index contributed by atoms with van der Waals surface area (Å²) < 4.78 is 0. The molecule has 3 heteroatoms. The average Bonchev–Trinajstić information content (AvgIpc) is 2.33. The van der Waals surface area contributed by atoms with Crippen LogP contribution < -0.4 is 5.32 Å². The van der Waals surface area contributed by atoms with Crippen LogP contribution in [0.5, 0.6) is 0 Å². The molecule has 2 aliphatic carbocycles. The Hall–Kier alpha value is -0.240. The number of carbonyl (C=O) groups is 1. The SMILES string of the molecule is CC1CCC(C(=O)NC2CCC(Cl)CC2)CC1. The molecule has 1 N–H and O–H groups in total. The van der Waals surface area contributed by atoms with Crippen LogP contribution in [-0.4, -0.2) is 17.3 Å². The molecule has 0 unspecified atom stereocenters. The van der Waals surface area contributed by atoms with Crippen LogP contribution in [0.25, 0.3) is 0 Å². The standard InChI is InChI=1S/C14H24ClNO/c1-10-2-4-11(5-3-10)14(17)16-13-8-6-12(15)7-9-13/h10-13H,2-9H2,1H3,(H,16,17). The molecule has 0 radical (unpaired) electrons. The van der Waals surface area contributed by atoms with Crippen molar-refractivity contribution in [2.24, 2.45) is 11.8 Å². The van der Waals surface area contributed by atoms with Crippen LogP contribution in [0.2, 0.25) is 0 Å². The van der Waals surface area contributed by atoms with Gasteiger partial charge >= 0.3 is 0 Å². The van der Waals surface area contributed by atoms with Crippen molar-refractivity contribution in [2.45, 2.75) is 69.7 Å². The molecule has 2 rings (SSSR count). The van der Waals surface area contributed by atoms with E-state index in [2.05, 4.69) is 12.2 Å². The number of halogens is 1. The zero-order valence-electron chi connectivity index (χ0n) is 10.8. The zero-order chi connectivity index (χ0) is 12.3. The maximum absolute atomic E-state index is 12.1. The van der Waals surface area contributed by atoms with Crippen LogP contribution in [-0.2, 0) is 4.79 Å². The second-order valence-electron chi connectivity index (χ2n) is 5.91. The van der Waals surface area contributed by atoms with Crippen LogP contribution >= 0.6 is 11.6 Å². The Morgan fingerprint density at radius 1 is 1.00 bits per heavy atom. The van der Waals surface area contributed by atoms with E-state index < -0.39 is 0 Å². The van der Waals surface area contributed by atoms with Crippen LogP contribution in [0, 0.1) is 11.8 Å². The number of alkyl halides is 1. The van der Waals surface area contributed by atoms with E-state index in [0.717, 1.165) is 44.4 Å². The molecule has 0 spiro atoms. The van der Waals surface area contributed by atoms with Gasteiger partial charge in [0.05, 0.1) is 0 Å². The first-order valence-electron chi connectivity index (χ1n) is 7.09. The van der Waals surface area contributed by atoms with E-state index in [4.69, 9.17) is 11.6 Å². The van der Waals surface area contributed by atoms with Gasteiger partial charge in [-0.25, -0.2) is 0 Å². The summed E-state index contributed by atoms with van der Waals surface area (Å²) in [5.74, 6) is 1.39. The molecule has 0 aliphatic heterocycles. The lowest BCUT2D eigenvalue weighted by molar-refractivity contribution is -0.127. The normalized spacial score (nSPS) is 38.7. The van der Waals surface area contributed by atoms with Crippen molar-refractivity contribution in [3.63, 3.8) is 0 Å². The molecule has 98 valence electrons. The molecule has 0 aromatic carbocycles. The van der Waals surface area contributed by atoms with Crippen molar-refractivity contribution in [2.75, 3.05) is 0 Å². The first-order valence-corrected chi connectivity index (χ1v) is 7.53. The third-order valence-electron chi connectivity index (χ3n) is 4.39. The number of amides is 1. The smallest absolute Gasteiger partial charge is 0.223 e. The van der Waals surface area contributed by atoms with Gasteiger partial charge in [-0.2, -0.15) is 0 Å². The lowest BCUT2D eigenvalue weighted by atomic mass is 9.82. The minimum absolute atomic E-state index is 0.278. The van der Waals surface area contributed by atoms with E-state index in [1.54, 1.807) is 0 Å². The Bertz CT molecular complexity index is 253. The van der Waals surface area contributed by atoms with Gasteiger partial charge in [0.15, 0.2) is 0 Å². The second kappa shape index (κ2) is 6.08. The minimum atomic E-state index is 0.278. The van der Waals surface area contributed by atoms with Crippen molar-refractivity contribution >= 4 is 17.5 Å². The van der Waals surface area contributed by atoms with Crippen LogP contribution in [0.15, 0.2) is 0 Å². The highest BCUT2D eigenvalue weighted by atomic mass is 35.5. The van der Waals surface area contributed by atoms with E-state index >= 15 is 0 Å². The van der Waals surface area contributed by atoms with Gasteiger partial charge in [-0.05, 0) is 57.3 Å². The van der Waals surface area contributed by atoms with Crippen LogP contribution in [0.3, 0.4) is 0 Å². The van der Waals surface area contributed by atoms with Crippen LogP contribution in [0.4, 0.5) is 0 Å². The summed E-state index contributed by atoms with van der Waals surface area (Å²) in [5, 5.41) is 3.56. The molecule has 2 fully saturated rings. The molecule has 0 saturated heterocycles. The van der Waals surface area contributed by atoms with Gasteiger partial charge in [0.1, 0.15) is 0 Å². The number of hydrogen-bond donors (Lipinski definition) is 1. The Kier molecular flexibility index (Phi) is 4.72. The third kappa shape index (κ3) is 3.87. The number of hydrogen-bond acceptors (Lipinski definition) is 1. The van der Waals surface area contributed by atoms with Crippen molar-refractivity contribution in [1.82, 2.24) is 5.32 Å². The fraction of sp³-hybridized carbons (Fsp3) is 0.929. The molecule has 2 nitrogen and oxygen atoms in total. The Morgan fingerprint density at radius 3 is 2.18 bits per heavy atom. The molecule has 0 aromatic rings. The summed E-state index contributed by atoms with van der Waals surface area (Å²) in [7, 11) is 0. The molecule has 2 saturated carbocycles. The average molecular weight is 258 g/mol. The van der Waals surface area contributed by atoms with Gasteiger partial charge < -0.3 is 5.32 Å². The predicted molar refractivity (Wildman–Crippen MR) is 71.2 cm³/mol. The van der Waals surface area contributed by atoms with Gasteiger partial charge in [-0.3, -0.25) is 4.79 Å². The molecule has 0 heterocycles. The highest BCUT2D eigenvalue weighted by Gasteiger charge is 2.27. The summed E-state index contributed by atoms with van der Waals surface area (Å²) in [6, 6.07) is 0.386. The van der Waals surface area contributed by atoms with Gasteiger partial charge in [-0.15, -0.1) is 11.6 Å². The summed E-state index contributed by atoms with van der Waals surface area (Å²) in [5.41, 5.74) is 0. The monoisotopic (exact) mass is 257 g/mol. The van der Waals surface area contributed by atoms with Gasteiger partial charge in [0.2, 0.25) is 5.91 Å². The summed E-state index contributed by atoms with van der Waals surface area (Å²) in [6.45, 7) is 2.29. The molecule has 17 heavy (non-hydrogen) atoms. The predicted octanol–water partition coefficient (Wildman–Crippen LogP) is 3.48. The Labute approximate surface area is 109 Å². The fourth-order valence-electron chi connectivity index (χ4n) is 3.04.